The first-order chi connectivity index (χ1) is 15.5. The third-order valence-corrected chi connectivity index (χ3v) is 6.98. The lowest BCUT2D eigenvalue weighted by Gasteiger charge is -2.18. The molecule has 178 valence electrons. The second kappa shape index (κ2) is 14.5. The molecule has 1 saturated carbocycles. The molecule has 0 heterocycles. The van der Waals surface area contributed by atoms with E-state index in [4.69, 9.17) is 4.74 Å². The molecule has 0 spiro atoms. The fourth-order valence-corrected chi connectivity index (χ4v) is 5.06. The number of thioether (sulfide) groups is 1. The van der Waals surface area contributed by atoms with Crippen LogP contribution in [0.2, 0.25) is 0 Å². The summed E-state index contributed by atoms with van der Waals surface area (Å²) in [6.07, 6.45) is 5.44. The Bertz CT molecular complexity index is 750. The van der Waals surface area contributed by atoms with Crippen LogP contribution in [0.15, 0.2) is 36.4 Å². The van der Waals surface area contributed by atoms with Crippen molar-refractivity contribution in [2.45, 2.75) is 50.7 Å². The van der Waals surface area contributed by atoms with E-state index in [9.17, 15) is 19.8 Å². The summed E-state index contributed by atoms with van der Waals surface area (Å²) in [5.41, 5.74) is 2.23. The minimum atomic E-state index is -0.700. The smallest absolute Gasteiger partial charge is 0.305 e. The molecule has 1 fully saturated rings. The predicted octanol–water partition coefficient (Wildman–Crippen LogP) is 2.98. The van der Waals surface area contributed by atoms with E-state index < -0.39 is 12.2 Å². The third-order valence-electron chi connectivity index (χ3n) is 5.88. The van der Waals surface area contributed by atoms with Gasteiger partial charge in [-0.3, -0.25) is 9.59 Å². The van der Waals surface area contributed by atoms with E-state index in [1.165, 1.54) is 7.11 Å². The Hall–Kier alpha value is -1.67. The number of methoxy groups -OCH3 is 2. The highest BCUT2D eigenvalue weighted by Crippen LogP contribution is 2.34. The fourth-order valence-electron chi connectivity index (χ4n) is 4.09. The summed E-state index contributed by atoms with van der Waals surface area (Å²) in [6, 6.07) is 7.99. The minimum absolute atomic E-state index is 0.0849. The average molecular weight is 465 g/mol. The molecule has 0 unspecified atom stereocenters. The van der Waals surface area contributed by atoms with Crippen LogP contribution in [0.3, 0.4) is 0 Å². The van der Waals surface area contributed by atoms with Crippen LogP contribution >= 0.6 is 11.8 Å². The quantitative estimate of drug-likeness (QED) is 0.248. The number of carbonyl (C=O) groups excluding carboxylic acids is 2. The van der Waals surface area contributed by atoms with Crippen LogP contribution in [-0.2, 0) is 31.9 Å². The Morgan fingerprint density at radius 1 is 1.25 bits per heavy atom. The van der Waals surface area contributed by atoms with Gasteiger partial charge in [-0.05, 0) is 41.9 Å². The second-order valence-electron chi connectivity index (χ2n) is 8.17. The van der Waals surface area contributed by atoms with Gasteiger partial charge in [0.15, 0.2) is 0 Å². The second-order valence-corrected chi connectivity index (χ2v) is 9.39. The molecule has 0 aliphatic heterocycles. The van der Waals surface area contributed by atoms with Crippen molar-refractivity contribution in [1.29, 1.82) is 0 Å². The monoisotopic (exact) mass is 464 g/mol. The average Bonchev–Trinajstić information content (AvgIpc) is 3.05. The molecular formula is C25H36O6S. The molecule has 1 aliphatic rings. The SMILES string of the molecule is COCCc1ccccc1C[C@H](O)/C=C/[C@H]1[C@H](O)CC(=O)[C@@H]1CCSCCCC(=O)OC. The van der Waals surface area contributed by atoms with Crippen LogP contribution in [0.1, 0.15) is 36.8 Å². The molecule has 32 heavy (non-hydrogen) atoms. The summed E-state index contributed by atoms with van der Waals surface area (Å²) >= 11 is 1.71. The number of ether oxygens (including phenoxy) is 2. The van der Waals surface area contributed by atoms with E-state index in [1.807, 2.05) is 30.3 Å². The predicted molar refractivity (Wildman–Crippen MR) is 127 cm³/mol. The van der Waals surface area contributed by atoms with Crippen molar-refractivity contribution >= 4 is 23.5 Å². The van der Waals surface area contributed by atoms with E-state index in [2.05, 4.69) is 4.74 Å². The highest BCUT2D eigenvalue weighted by atomic mass is 32.2. The molecule has 6 nitrogen and oxygen atoms in total. The van der Waals surface area contributed by atoms with Crippen LogP contribution in [-0.4, -0.2) is 66.5 Å². The van der Waals surface area contributed by atoms with Gasteiger partial charge in [0.25, 0.3) is 0 Å². The molecular weight excluding hydrogens is 428 g/mol. The molecule has 1 aromatic rings. The number of rotatable bonds is 14. The number of ketones is 1. The van der Waals surface area contributed by atoms with E-state index in [1.54, 1.807) is 24.9 Å². The van der Waals surface area contributed by atoms with Gasteiger partial charge in [0.05, 0.1) is 25.9 Å². The zero-order chi connectivity index (χ0) is 23.3. The molecule has 4 atom stereocenters. The lowest BCUT2D eigenvalue weighted by atomic mass is 9.90. The van der Waals surface area contributed by atoms with Crippen LogP contribution in [0, 0.1) is 11.8 Å². The summed E-state index contributed by atoms with van der Waals surface area (Å²) in [7, 11) is 3.06. The Balaban J connectivity index is 1.86. The number of aliphatic hydroxyl groups excluding tert-OH is 2. The lowest BCUT2D eigenvalue weighted by molar-refractivity contribution is -0.140. The van der Waals surface area contributed by atoms with Crippen molar-refractivity contribution in [3.05, 3.63) is 47.5 Å². The standard InChI is InChI=1S/C25H36O6S/c1-30-13-11-18-6-3-4-7-19(18)16-20(26)9-10-21-22(24(28)17-23(21)27)12-15-32-14-5-8-25(29)31-2/h3-4,6-7,9-10,20-23,26-27H,5,8,11-17H2,1-2H3/b10-9+/t20-,21-,22-,23-/m1/s1. The molecule has 7 heteroatoms. The summed E-state index contributed by atoms with van der Waals surface area (Å²) in [4.78, 5) is 23.5. The zero-order valence-corrected chi connectivity index (χ0v) is 19.9. The Kier molecular flexibility index (Phi) is 12.0. The van der Waals surface area contributed by atoms with Crippen molar-refractivity contribution in [3.63, 3.8) is 0 Å². The number of carbonyl (C=O) groups is 2. The van der Waals surface area contributed by atoms with Crippen LogP contribution < -0.4 is 0 Å². The molecule has 0 bridgehead atoms. The van der Waals surface area contributed by atoms with Crippen molar-refractivity contribution in [1.82, 2.24) is 0 Å². The maximum atomic E-state index is 12.4. The van der Waals surface area contributed by atoms with Gasteiger partial charge in [-0.2, -0.15) is 11.8 Å². The molecule has 1 aromatic carbocycles. The molecule has 1 aliphatic carbocycles. The molecule has 2 N–H and O–H groups in total. The zero-order valence-electron chi connectivity index (χ0n) is 19.1. The summed E-state index contributed by atoms with van der Waals surface area (Å²) < 4.78 is 9.80. The summed E-state index contributed by atoms with van der Waals surface area (Å²) in [5.74, 6) is 1.02. The number of Topliss-reactive ketones (excluding diaryl/α,β-unsaturated/α-hetero) is 1. The first kappa shape index (κ1) is 26.6. The van der Waals surface area contributed by atoms with Gasteiger partial charge in [-0.15, -0.1) is 0 Å². The van der Waals surface area contributed by atoms with Gasteiger partial charge >= 0.3 is 5.97 Å². The maximum absolute atomic E-state index is 12.4. The highest BCUT2D eigenvalue weighted by molar-refractivity contribution is 7.99. The van der Waals surface area contributed by atoms with Crippen LogP contribution in [0.4, 0.5) is 0 Å². The largest absolute Gasteiger partial charge is 0.469 e. The number of benzene rings is 1. The van der Waals surface area contributed by atoms with Gasteiger partial charge in [0.2, 0.25) is 0 Å². The summed E-state index contributed by atoms with van der Waals surface area (Å²) in [5, 5.41) is 20.9. The van der Waals surface area contributed by atoms with E-state index in [0.717, 1.165) is 35.5 Å². The van der Waals surface area contributed by atoms with Gasteiger partial charge in [-0.25, -0.2) is 0 Å². The van der Waals surface area contributed by atoms with E-state index in [0.29, 0.717) is 25.9 Å². The molecule has 2 rings (SSSR count). The normalized spacial score (nSPS) is 21.9. The van der Waals surface area contributed by atoms with Gasteiger partial charge in [-0.1, -0.05) is 36.4 Å². The van der Waals surface area contributed by atoms with Crippen LogP contribution in [0.25, 0.3) is 0 Å². The van der Waals surface area contributed by atoms with Crippen LogP contribution in [0.5, 0.6) is 0 Å². The first-order valence-corrected chi connectivity index (χ1v) is 12.4. The third kappa shape index (κ3) is 8.70. The fraction of sp³-hybridized carbons (Fsp3) is 0.600. The highest BCUT2D eigenvalue weighted by Gasteiger charge is 2.39. The number of esters is 1. The van der Waals surface area contributed by atoms with E-state index >= 15 is 0 Å². The number of hydrogen-bond donors (Lipinski definition) is 2. The molecule has 0 saturated heterocycles. The molecule has 0 amide bonds. The number of hydrogen-bond acceptors (Lipinski definition) is 7. The van der Waals surface area contributed by atoms with Crippen molar-refractivity contribution < 1.29 is 29.3 Å². The number of aliphatic hydroxyl groups is 2. The summed E-state index contributed by atoms with van der Waals surface area (Å²) in [6.45, 7) is 0.627. The first-order valence-electron chi connectivity index (χ1n) is 11.2. The van der Waals surface area contributed by atoms with Crippen molar-refractivity contribution in [2.24, 2.45) is 11.8 Å². The maximum Gasteiger partial charge on any atom is 0.305 e. The Morgan fingerprint density at radius 3 is 2.72 bits per heavy atom. The van der Waals surface area contributed by atoms with Gasteiger partial charge < -0.3 is 19.7 Å². The Morgan fingerprint density at radius 2 is 2.00 bits per heavy atom. The van der Waals surface area contributed by atoms with Gasteiger partial charge in [0, 0.05) is 38.2 Å². The molecule has 0 radical (unpaired) electrons. The van der Waals surface area contributed by atoms with Crippen molar-refractivity contribution in [3.8, 4) is 0 Å². The minimum Gasteiger partial charge on any atom is -0.469 e. The topological polar surface area (TPSA) is 93.1 Å². The van der Waals surface area contributed by atoms with E-state index in [-0.39, 0.29) is 30.0 Å². The van der Waals surface area contributed by atoms with Gasteiger partial charge in [0.1, 0.15) is 5.78 Å². The van der Waals surface area contributed by atoms with Crippen molar-refractivity contribution in [2.75, 3.05) is 32.3 Å². The molecule has 0 aromatic heterocycles. The lowest BCUT2D eigenvalue weighted by Crippen LogP contribution is -2.20. The Labute approximate surface area is 195 Å².